The smallest absolute Gasteiger partial charge is 0.391 e. The second-order valence-electron chi connectivity index (χ2n) is 2.69. The van der Waals surface area contributed by atoms with Gasteiger partial charge in [0, 0.05) is 6.42 Å². The number of carboxylic acids is 1. The molecule has 0 rings (SSSR count). The van der Waals surface area contributed by atoms with E-state index in [2.05, 4.69) is 5.73 Å². The zero-order valence-corrected chi connectivity index (χ0v) is 6.52. The molecule has 3 nitrogen and oxygen atoms in total. The molecular weight excluding hydrogens is 175 g/mol. The van der Waals surface area contributed by atoms with Gasteiger partial charge in [0.15, 0.2) is 0 Å². The molecule has 0 aliphatic carbocycles. The normalized spacial score (nSPS) is 17.1. The number of alkyl halides is 3. The van der Waals surface area contributed by atoms with E-state index in [-0.39, 0.29) is 0 Å². The number of rotatable bonds is 3. The third-order valence-electron chi connectivity index (χ3n) is 1.53. The Morgan fingerprint density at radius 3 is 2.25 bits per heavy atom. The Hall–Kier alpha value is -0.780. The molecule has 0 heterocycles. The van der Waals surface area contributed by atoms with E-state index in [1.165, 1.54) is 0 Å². The van der Waals surface area contributed by atoms with Gasteiger partial charge in [0.1, 0.15) is 6.04 Å². The molecule has 0 bridgehead atoms. The van der Waals surface area contributed by atoms with Gasteiger partial charge in [-0.05, 0) is 0 Å². The topological polar surface area (TPSA) is 67.8 Å². The maximum Gasteiger partial charge on any atom is 0.391 e. The Balaban J connectivity index is 4.01. The quantitative estimate of drug-likeness (QED) is 0.608. The van der Waals surface area contributed by atoms with Crippen molar-refractivity contribution in [2.24, 2.45) is 5.92 Å². The molecule has 72 valence electrons. The molecule has 0 aliphatic heterocycles. The van der Waals surface area contributed by atoms with Gasteiger partial charge in [-0.1, -0.05) is 6.92 Å². The first kappa shape index (κ1) is 11.2. The van der Waals surface area contributed by atoms with Crippen LogP contribution in [-0.4, -0.2) is 18.2 Å². The Morgan fingerprint density at radius 1 is 1.58 bits per heavy atom. The van der Waals surface area contributed by atoms with E-state index >= 15 is 0 Å². The standard InChI is InChI=1S/C6H10F3NO2/c1-3(6(7,8)9)2-4(10)5(11)12/h3-4H,2,10H2,1H3,(H,11,12)/t3-,4+/m1/s1. The number of carboxylic acid groups (broad SMARTS) is 1. The molecule has 2 atom stereocenters. The lowest BCUT2D eigenvalue weighted by molar-refractivity contribution is -0.442. The summed E-state index contributed by atoms with van der Waals surface area (Å²) in [4.78, 5) is 10.0. The number of halogens is 3. The first-order chi connectivity index (χ1) is 5.25. The Kier molecular flexibility index (Phi) is 3.51. The lowest BCUT2D eigenvalue weighted by Gasteiger charge is -2.17. The van der Waals surface area contributed by atoms with E-state index in [0.29, 0.717) is 0 Å². The molecule has 0 spiro atoms. The van der Waals surface area contributed by atoms with Crippen LogP contribution in [0.4, 0.5) is 13.2 Å². The van der Waals surface area contributed by atoms with Gasteiger partial charge in [-0.15, -0.1) is 0 Å². The minimum absolute atomic E-state index is 0.536. The minimum Gasteiger partial charge on any atom is -0.544 e. The average Bonchev–Trinajstić information content (AvgIpc) is 1.85. The number of hydrogen-bond donors (Lipinski definition) is 1. The lowest BCUT2D eigenvalue weighted by Crippen LogP contribution is -2.69. The summed E-state index contributed by atoms with van der Waals surface area (Å²) in [7, 11) is 0. The highest BCUT2D eigenvalue weighted by atomic mass is 19.4. The summed E-state index contributed by atoms with van der Waals surface area (Å²) >= 11 is 0. The second-order valence-corrected chi connectivity index (χ2v) is 2.69. The van der Waals surface area contributed by atoms with Crippen molar-refractivity contribution in [2.45, 2.75) is 25.6 Å². The van der Waals surface area contributed by atoms with Gasteiger partial charge in [-0.2, -0.15) is 13.2 Å². The summed E-state index contributed by atoms with van der Waals surface area (Å²) in [6, 6.07) is -1.30. The van der Waals surface area contributed by atoms with Crippen LogP contribution in [0.2, 0.25) is 0 Å². The predicted molar refractivity (Wildman–Crippen MR) is 31.5 cm³/mol. The van der Waals surface area contributed by atoms with E-state index < -0.39 is 30.5 Å². The molecule has 0 amide bonds. The van der Waals surface area contributed by atoms with Crippen molar-refractivity contribution in [1.82, 2.24) is 0 Å². The van der Waals surface area contributed by atoms with Crippen molar-refractivity contribution >= 4 is 5.97 Å². The van der Waals surface area contributed by atoms with E-state index in [9.17, 15) is 23.1 Å². The van der Waals surface area contributed by atoms with Crippen molar-refractivity contribution in [3.63, 3.8) is 0 Å². The minimum atomic E-state index is -4.36. The van der Waals surface area contributed by atoms with Crippen LogP contribution >= 0.6 is 0 Å². The number of carbonyl (C=O) groups is 1. The van der Waals surface area contributed by atoms with Crippen molar-refractivity contribution in [3.05, 3.63) is 0 Å². The zero-order chi connectivity index (χ0) is 9.94. The molecule has 0 unspecified atom stereocenters. The lowest BCUT2D eigenvalue weighted by atomic mass is 10.0. The summed E-state index contributed by atoms with van der Waals surface area (Å²) in [6.07, 6.45) is -4.89. The van der Waals surface area contributed by atoms with Crippen LogP contribution in [0, 0.1) is 5.92 Å². The molecule has 0 saturated carbocycles. The summed E-state index contributed by atoms with van der Waals surface area (Å²) in [5.41, 5.74) is 3.03. The van der Waals surface area contributed by atoms with E-state index in [1.54, 1.807) is 0 Å². The fourth-order valence-corrected chi connectivity index (χ4v) is 0.657. The van der Waals surface area contributed by atoms with Crippen LogP contribution in [0.1, 0.15) is 13.3 Å². The number of aliphatic carboxylic acids is 1. The van der Waals surface area contributed by atoms with Gasteiger partial charge in [0.05, 0.1) is 11.9 Å². The summed E-state index contributed by atoms with van der Waals surface area (Å²) in [5, 5.41) is 10.0. The molecule has 0 fully saturated rings. The maximum absolute atomic E-state index is 11.8. The van der Waals surface area contributed by atoms with Crippen LogP contribution in [0.3, 0.4) is 0 Å². The molecule has 0 aromatic carbocycles. The molecule has 0 aromatic heterocycles. The summed E-state index contributed by atoms with van der Waals surface area (Å²) in [6.45, 7) is 0.918. The highest BCUT2D eigenvalue weighted by Gasteiger charge is 2.37. The Bertz CT molecular complexity index is 169. The van der Waals surface area contributed by atoms with E-state index in [4.69, 9.17) is 0 Å². The van der Waals surface area contributed by atoms with E-state index in [1.807, 2.05) is 0 Å². The third-order valence-corrected chi connectivity index (χ3v) is 1.53. The molecule has 0 saturated heterocycles. The maximum atomic E-state index is 11.8. The van der Waals surface area contributed by atoms with Crippen LogP contribution in [0.25, 0.3) is 0 Å². The molecule has 12 heavy (non-hydrogen) atoms. The van der Waals surface area contributed by atoms with Crippen LogP contribution < -0.4 is 10.8 Å². The van der Waals surface area contributed by atoms with Gasteiger partial charge < -0.3 is 15.6 Å². The number of carbonyl (C=O) groups excluding carboxylic acids is 1. The van der Waals surface area contributed by atoms with Gasteiger partial charge in [-0.25, -0.2) is 0 Å². The van der Waals surface area contributed by atoms with Gasteiger partial charge in [-0.3, -0.25) is 0 Å². The SMILES string of the molecule is C[C@H](C[C@H]([NH3+])C(=O)[O-])C(F)(F)F. The van der Waals surface area contributed by atoms with E-state index in [0.717, 1.165) is 6.92 Å². The first-order valence-corrected chi connectivity index (χ1v) is 3.35. The molecule has 0 radical (unpaired) electrons. The Morgan fingerprint density at radius 2 is 2.00 bits per heavy atom. The highest BCUT2D eigenvalue weighted by Crippen LogP contribution is 2.28. The van der Waals surface area contributed by atoms with Gasteiger partial charge in [0.25, 0.3) is 0 Å². The Labute approximate surface area is 67.4 Å². The van der Waals surface area contributed by atoms with Crippen molar-refractivity contribution in [2.75, 3.05) is 0 Å². The van der Waals surface area contributed by atoms with Crippen LogP contribution in [-0.2, 0) is 4.79 Å². The fraction of sp³-hybridized carbons (Fsp3) is 0.833. The largest absolute Gasteiger partial charge is 0.544 e. The molecule has 3 N–H and O–H groups in total. The van der Waals surface area contributed by atoms with Crippen LogP contribution in [0.5, 0.6) is 0 Å². The van der Waals surface area contributed by atoms with Gasteiger partial charge in [0.2, 0.25) is 0 Å². The summed E-state index contributed by atoms with van der Waals surface area (Å²) < 4.78 is 35.5. The highest BCUT2D eigenvalue weighted by molar-refractivity contribution is 5.69. The van der Waals surface area contributed by atoms with Crippen LogP contribution in [0.15, 0.2) is 0 Å². The fourth-order valence-electron chi connectivity index (χ4n) is 0.657. The molecular formula is C6H10F3NO2. The number of hydrogen-bond acceptors (Lipinski definition) is 2. The van der Waals surface area contributed by atoms with Crippen molar-refractivity contribution in [1.29, 1.82) is 0 Å². The molecule has 0 aromatic rings. The summed E-state index contributed by atoms with van der Waals surface area (Å²) in [5.74, 6) is -3.20. The third kappa shape index (κ3) is 3.56. The zero-order valence-electron chi connectivity index (χ0n) is 6.52. The van der Waals surface area contributed by atoms with Crippen molar-refractivity contribution in [3.8, 4) is 0 Å². The monoisotopic (exact) mass is 185 g/mol. The first-order valence-electron chi connectivity index (χ1n) is 3.35. The predicted octanol–water partition coefficient (Wildman–Crippen LogP) is -1.06. The molecule has 0 aliphatic rings. The second kappa shape index (κ2) is 3.75. The number of quaternary nitrogens is 1. The van der Waals surface area contributed by atoms with Crippen molar-refractivity contribution < 1.29 is 28.8 Å². The average molecular weight is 185 g/mol. The van der Waals surface area contributed by atoms with Gasteiger partial charge >= 0.3 is 6.18 Å². The molecule has 6 heteroatoms.